The van der Waals surface area contributed by atoms with Gasteiger partial charge in [0.2, 0.25) is 0 Å². The number of aliphatic hydroxyl groups is 1. The van der Waals surface area contributed by atoms with Gasteiger partial charge in [0.05, 0.1) is 6.10 Å². The SMILES string of the molecule is C[C@]12C=CC(=O)C=C1CC[C@@H]1[C@H]2[C@@H](O)C[C@]2(C)C(=O)CC[C@H]12. The number of hydrogen-bond donors (Lipinski definition) is 1. The Kier molecular flexibility index (Phi) is 2.88. The van der Waals surface area contributed by atoms with Crippen LogP contribution in [0.3, 0.4) is 0 Å². The Morgan fingerprint density at radius 3 is 2.73 bits per heavy atom. The number of carbonyl (C=O) groups is 2. The predicted molar refractivity (Wildman–Crippen MR) is 83.0 cm³/mol. The molecule has 3 nitrogen and oxygen atoms in total. The molecule has 0 aliphatic heterocycles. The molecule has 0 unspecified atom stereocenters. The molecule has 0 amide bonds. The Hall–Kier alpha value is -1.22. The summed E-state index contributed by atoms with van der Waals surface area (Å²) >= 11 is 0. The van der Waals surface area contributed by atoms with Gasteiger partial charge in [-0.2, -0.15) is 0 Å². The number of Topliss-reactive ketones (excluding diaryl/α,β-unsaturated/α-hetero) is 1. The van der Waals surface area contributed by atoms with Gasteiger partial charge >= 0.3 is 0 Å². The fourth-order valence-electron chi connectivity index (χ4n) is 6.10. The second kappa shape index (κ2) is 4.41. The normalized spacial score (nSPS) is 50.2. The maximum Gasteiger partial charge on any atom is 0.178 e. The first kappa shape index (κ1) is 14.4. The smallest absolute Gasteiger partial charge is 0.178 e. The second-order valence-electron chi connectivity index (χ2n) is 8.17. The van der Waals surface area contributed by atoms with E-state index in [0.29, 0.717) is 30.5 Å². The Morgan fingerprint density at radius 2 is 1.95 bits per heavy atom. The Bertz CT molecular complexity index is 616. The first-order valence-corrected chi connectivity index (χ1v) is 8.52. The molecule has 3 fully saturated rings. The third kappa shape index (κ3) is 1.66. The van der Waals surface area contributed by atoms with E-state index in [4.69, 9.17) is 0 Å². The van der Waals surface area contributed by atoms with Crippen molar-refractivity contribution in [3.63, 3.8) is 0 Å². The number of rotatable bonds is 0. The van der Waals surface area contributed by atoms with Crippen molar-refractivity contribution < 1.29 is 14.7 Å². The van der Waals surface area contributed by atoms with Crippen LogP contribution in [-0.2, 0) is 9.59 Å². The molecular formula is C19H24O3. The number of fused-ring (bicyclic) bond motifs is 5. The molecule has 0 aromatic heterocycles. The highest BCUT2D eigenvalue weighted by molar-refractivity contribution is 6.01. The summed E-state index contributed by atoms with van der Waals surface area (Å²) in [4.78, 5) is 24.1. The van der Waals surface area contributed by atoms with Crippen molar-refractivity contribution in [3.8, 4) is 0 Å². The van der Waals surface area contributed by atoms with Crippen LogP contribution in [0.15, 0.2) is 23.8 Å². The Labute approximate surface area is 131 Å². The van der Waals surface area contributed by atoms with Gasteiger partial charge < -0.3 is 5.11 Å². The van der Waals surface area contributed by atoms with E-state index in [2.05, 4.69) is 13.8 Å². The summed E-state index contributed by atoms with van der Waals surface area (Å²) in [7, 11) is 0. The van der Waals surface area contributed by atoms with E-state index in [9.17, 15) is 14.7 Å². The van der Waals surface area contributed by atoms with E-state index in [1.807, 2.05) is 6.08 Å². The van der Waals surface area contributed by atoms with Crippen molar-refractivity contribution in [1.82, 2.24) is 0 Å². The third-order valence-corrected chi connectivity index (χ3v) is 7.21. The van der Waals surface area contributed by atoms with Gasteiger partial charge in [-0.05, 0) is 49.7 Å². The molecule has 118 valence electrons. The lowest BCUT2D eigenvalue weighted by Crippen LogP contribution is -2.55. The van der Waals surface area contributed by atoms with Crippen LogP contribution in [0, 0.1) is 28.6 Å². The zero-order valence-electron chi connectivity index (χ0n) is 13.3. The van der Waals surface area contributed by atoms with E-state index < -0.39 is 6.10 Å². The molecular weight excluding hydrogens is 276 g/mol. The standard InChI is InChI=1S/C19H24O3/c1-18-8-7-12(20)9-11(18)3-4-13-14-5-6-16(22)19(14,2)10-15(21)17(13)18/h7-9,13-15,17,21H,3-6,10H2,1-2H3/t13-,14+,15-,17-,18-,19-/m0/s1. The molecule has 0 saturated heterocycles. The third-order valence-electron chi connectivity index (χ3n) is 7.21. The molecule has 0 spiro atoms. The first-order valence-electron chi connectivity index (χ1n) is 8.52. The largest absolute Gasteiger partial charge is 0.393 e. The molecule has 0 aromatic carbocycles. The minimum absolute atomic E-state index is 0.0668. The molecule has 0 bridgehead atoms. The molecule has 4 rings (SSSR count). The zero-order chi connectivity index (χ0) is 15.7. The topological polar surface area (TPSA) is 54.4 Å². The van der Waals surface area contributed by atoms with Crippen molar-refractivity contribution in [1.29, 1.82) is 0 Å². The lowest BCUT2D eigenvalue weighted by molar-refractivity contribution is -0.142. The summed E-state index contributed by atoms with van der Waals surface area (Å²) in [6.45, 7) is 4.24. The average molecular weight is 300 g/mol. The van der Waals surface area contributed by atoms with Gasteiger partial charge in [-0.15, -0.1) is 0 Å². The van der Waals surface area contributed by atoms with Gasteiger partial charge in [-0.25, -0.2) is 0 Å². The van der Waals surface area contributed by atoms with Crippen LogP contribution in [0.25, 0.3) is 0 Å². The van der Waals surface area contributed by atoms with Gasteiger partial charge in [0, 0.05) is 23.2 Å². The van der Waals surface area contributed by atoms with Crippen LogP contribution in [0.1, 0.15) is 46.0 Å². The molecule has 22 heavy (non-hydrogen) atoms. The molecule has 3 saturated carbocycles. The van der Waals surface area contributed by atoms with Crippen molar-refractivity contribution in [2.24, 2.45) is 28.6 Å². The summed E-state index contributed by atoms with van der Waals surface area (Å²) < 4.78 is 0. The molecule has 0 radical (unpaired) electrons. The van der Waals surface area contributed by atoms with Crippen LogP contribution in [0.4, 0.5) is 0 Å². The van der Waals surface area contributed by atoms with E-state index in [1.54, 1.807) is 12.2 Å². The van der Waals surface area contributed by atoms with Crippen molar-refractivity contribution in [2.45, 2.75) is 52.1 Å². The second-order valence-corrected chi connectivity index (χ2v) is 8.17. The highest BCUT2D eigenvalue weighted by Crippen LogP contribution is 2.63. The van der Waals surface area contributed by atoms with Gasteiger partial charge in [0.15, 0.2) is 5.78 Å². The van der Waals surface area contributed by atoms with Gasteiger partial charge in [0.25, 0.3) is 0 Å². The minimum atomic E-state index is -0.458. The lowest BCUT2D eigenvalue weighted by atomic mass is 9.47. The van der Waals surface area contributed by atoms with E-state index in [0.717, 1.165) is 19.3 Å². The summed E-state index contributed by atoms with van der Waals surface area (Å²) in [6.07, 6.45) is 9.14. The quantitative estimate of drug-likeness (QED) is 0.748. The summed E-state index contributed by atoms with van der Waals surface area (Å²) in [6, 6.07) is 0. The predicted octanol–water partition coefficient (Wildman–Crippen LogP) is 2.83. The molecule has 6 atom stereocenters. The highest BCUT2D eigenvalue weighted by Gasteiger charge is 2.61. The van der Waals surface area contributed by atoms with Gasteiger partial charge in [-0.1, -0.05) is 25.5 Å². The van der Waals surface area contributed by atoms with E-state index in [1.165, 1.54) is 5.57 Å². The molecule has 4 aliphatic rings. The minimum Gasteiger partial charge on any atom is -0.393 e. The zero-order valence-corrected chi connectivity index (χ0v) is 13.3. The summed E-state index contributed by atoms with van der Waals surface area (Å²) in [5.41, 5.74) is 0.628. The number of allylic oxidation sites excluding steroid dienone is 4. The molecule has 4 aliphatic carbocycles. The lowest BCUT2D eigenvalue weighted by Gasteiger charge is -2.57. The van der Waals surface area contributed by atoms with Crippen LogP contribution in [0.2, 0.25) is 0 Å². The molecule has 1 N–H and O–H groups in total. The maximum absolute atomic E-state index is 12.4. The first-order chi connectivity index (χ1) is 10.4. The van der Waals surface area contributed by atoms with Crippen molar-refractivity contribution >= 4 is 11.6 Å². The fraction of sp³-hybridized carbons (Fsp3) is 0.684. The summed E-state index contributed by atoms with van der Waals surface area (Å²) in [5.74, 6) is 1.34. The van der Waals surface area contributed by atoms with Crippen LogP contribution in [0.5, 0.6) is 0 Å². The number of carbonyl (C=O) groups excluding carboxylic acids is 2. The van der Waals surface area contributed by atoms with E-state index >= 15 is 0 Å². The van der Waals surface area contributed by atoms with Crippen molar-refractivity contribution in [2.75, 3.05) is 0 Å². The number of ketones is 2. The van der Waals surface area contributed by atoms with Crippen LogP contribution >= 0.6 is 0 Å². The monoisotopic (exact) mass is 300 g/mol. The Balaban J connectivity index is 1.77. The molecule has 0 heterocycles. The summed E-state index contributed by atoms with van der Waals surface area (Å²) in [5, 5.41) is 10.9. The maximum atomic E-state index is 12.4. The number of aliphatic hydroxyl groups excluding tert-OH is 1. The highest BCUT2D eigenvalue weighted by atomic mass is 16.3. The van der Waals surface area contributed by atoms with Crippen molar-refractivity contribution in [3.05, 3.63) is 23.8 Å². The van der Waals surface area contributed by atoms with Crippen LogP contribution < -0.4 is 0 Å². The number of hydrogen-bond acceptors (Lipinski definition) is 3. The Morgan fingerprint density at radius 1 is 1.18 bits per heavy atom. The fourth-order valence-corrected chi connectivity index (χ4v) is 6.10. The van der Waals surface area contributed by atoms with Gasteiger partial charge in [-0.3, -0.25) is 9.59 Å². The van der Waals surface area contributed by atoms with Crippen LogP contribution in [-0.4, -0.2) is 22.8 Å². The molecule has 3 heteroatoms. The van der Waals surface area contributed by atoms with Gasteiger partial charge in [0.1, 0.15) is 5.78 Å². The molecule has 0 aromatic rings. The average Bonchev–Trinajstić information content (AvgIpc) is 2.75. The van der Waals surface area contributed by atoms with E-state index in [-0.39, 0.29) is 22.5 Å².